The van der Waals surface area contributed by atoms with E-state index in [1.807, 2.05) is 41.3 Å². The van der Waals surface area contributed by atoms with E-state index < -0.39 is 0 Å². The minimum atomic E-state index is -0.241. The number of benzene rings is 1. The Balaban J connectivity index is 1.26. The fraction of sp³-hybridized carbons (Fsp3) is 0.440. The molecular weight excluding hydrogens is 418 g/mol. The Hall–Kier alpha value is -3.42. The first-order valence-electron chi connectivity index (χ1n) is 11.7. The number of pyridine rings is 1. The molecule has 2 aliphatic rings. The van der Waals surface area contributed by atoms with Crippen LogP contribution in [0.25, 0.3) is 0 Å². The van der Waals surface area contributed by atoms with Crippen LogP contribution in [0.4, 0.5) is 5.82 Å². The maximum Gasteiger partial charge on any atom is 0.255 e. The van der Waals surface area contributed by atoms with Crippen LogP contribution in [0.1, 0.15) is 66.1 Å². The van der Waals surface area contributed by atoms with Crippen molar-refractivity contribution in [1.82, 2.24) is 20.5 Å². The largest absolute Gasteiger partial charge is 0.383 e. The third-order valence-corrected chi connectivity index (χ3v) is 6.54. The van der Waals surface area contributed by atoms with Crippen LogP contribution in [0.5, 0.6) is 0 Å². The summed E-state index contributed by atoms with van der Waals surface area (Å²) in [5, 5.41) is 5.80. The molecule has 0 saturated carbocycles. The zero-order valence-corrected chi connectivity index (χ0v) is 18.8. The molecular formula is C25H31N5O3. The van der Waals surface area contributed by atoms with Gasteiger partial charge in [-0.05, 0) is 43.4 Å². The minimum Gasteiger partial charge on any atom is -0.383 e. The van der Waals surface area contributed by atoms with Crippen LogP contribution < -0.4 is 16.4 Å². The van der Waals surface area contributed by atoms with Crippen molar-refractivity contribution in [3.8, 4) is 0 Å². The summed E-state index contributed by atoms with van der Waals surface area (Å²) < 4.78 is 0. The normalized spacial score (nSPS) is 18.7. The fourth-order valence-corrected chi connectivity index (χ4v) is 4.56. The van der Waals surface area contributed by atoms with Crippen molar-refractivity contribution >= 4 is 23.5 Å². The highest BCUT2D eigenvalue weighted by molar-refractivity contribution is 5.98. The Bertz CT molecular complexity index is 1000. The van der Waals surface area contributed by atoms with Crippen molar-refractivity contribution in [2.24, 2.45) is 0 Å². The second kappa shape index (κ2) is 10.5. The molecule has 2 aliphatic heterocycles. The highest BCUT2D eigenvalue weighted by Crippen LogP contribution is 2.28. The molecule has 1 aromatic carbocycles. The van der Waals surface area contributed by atoms with Crippen LogP contribution >= 0.6 is 0 Å². The van der Waals surface area contributed by atoms with Crippen LogP contribution in [0, 0.1) is 0 Å². The molecule has 2 aromatic rings. The SMILES string of the molecule is Nc1nc(C2CCN(C(=O)CC[C@H]3CCC(=O)N3)CC2)ccc1C(=O)NCc1ccccc1. The summed E-state index contributed by atoms with van der Waals surface area (Å²) >= 11 is 0. The smallest absolute Gasteiger partial charge is 0.255 e. The van der Waals surface area contributed by atoms with Gasteiger partial charge in [-0.15, -0.1) is 0 Å². The number of likely N-dealkylation sites (tertiary alicyclic amines) is 1. The summed E-state index contributed by atoms with van der Waals surface area (Å²) in [4.78, 5) is 42.8. The van der Waals surface area contributed by atoms with Gasteiger partial charge in [0.2, 0.25) is 11.8 Å². The Kier molecular flexibility index (Phi) is 7.22. The van der Waals surface area contributed by atoms with E-state index in [1.165, 1.54) is 0 Å². The number of nitrogens with zero attached hydrogens (tertiary/aromatic N) is 2. The lowest BCUT2D eigenvalue weighted by Gasteiger charge is -2.32. The molecule has 0 radical (unpaired) electrons. The predicted octanol–water partition coefficient (Wildman–Crippen LogP) is 2.36. The molecule has 1 atom stereocenters. The molecule has 8 heteroatoms. The van der Waals surface area contributed by atoms with Gasteiger partial charge in [0.05, 0.1) is 5.56 Å². The fourth-order valence-electron chi connectivity index (χ4n) is 4.56. The first-order chi connectivity index (χ1) is 16.0. The van der Waals surface area contributed by atoms with Gasteiger partial charge in [-0.1, -0.05) is 30.3 Å². The van der Waals surface area contributed by atoms with E-state index in [0.717, 1.165) is 30.5 Å². The monoisotopic (exact) mass is 449 g/mol. The van der Waals surface area contributed by atoms with Crippen molar-refractivity contribution < 1.29 is 14.4 Å². The van der Waals surface area contributed by atoms with Gasteiger partial charge >= 0.3 is 0 Å². The van der Waals surface area contributed by atoms with Crippen LogP contribution in [-0.2, 0) is 16.1 Å². The van der Waals surface area contributed by atoms with Gasteiger partial charge in [-0.3, -0.25) is 14.4 Å². The van der Waals surface area contributed by atoms with Gasteiger partial charge in [0.1, 0.15) is 5.82 Å². The number of anilines is 1. The lowest BCUT2D eigenvalue weighted by atomic mass is 9.92. The highest BCUT2D eigenvalue weighted by atomic mass is 16.2. The number of hydrogen-bond donors (Lipinski definition) is 3. The summed E-state index contributed by atoms with van der Waals surface area (Å²) in [6.07, 6.45) is 4.19. The quantitative estimate of drug-likeness (QED) is 0.600. The number of piperidine rings is 1. The maximum atomic E-state index is 12.6. The molecule has 2 fully saturated rings. The molecule has 4 N–H and O–H groups in total. The molecule has 1 aromatic heterocycles. The number of amides is 3. The Morgan fingerprint density at radius 3 is 2.52 bits per heavy atom. The number of nitrogens with two attached hydrogens (primary N) is 1. The molecule has 0 unspecified atom stereocenters. The van der Waals surface area contributed by atoms with E-state index >= 15 is 0 Å². The number of nitrogens with one attached hydrogen (secondary N) is 2. The molecule has 0 bridgehead atoms. The summed E-state index contributed by atoms with van der Waals surface area (Å²) in [6.45, 7) is 1.79. The summed E-state index contributed by atoms with van der Waals surface area (Å²) in [7, 11) is 0. The van der Waals surface area contributed by atoms with Gasteiger partial charge in [-0.25, -0.2) is 4.98 Å². The summed E-state index contributed by atoms with van der Waals surface area (Å²) in [6, 6.07) is 13.5. The van der Waals surface area contributed by atoms with E-state index in [-0.39, 0.29) is 35.5 Å². The minimum absolute atomic E-state index is 0.0831. The van der Waals surface area contributed by atoms with Crippen molar-refractivity contribution in [2.45, 2.75) is 57.0 Å². The van der Waals surface area contributed by atoms with Gasteiger partial charge in [0.15, 0.2) is 0 Å². The number of carbonyl (C=O) groups is 3. The molecule has 0 spiro atoms. The molecule has 33 heavy (non-hydrogen) atoms. The highest BCUT2D eigenvalue weighted by Gasteiger charge is 2.27. The topological polar surface area (TPSA) is 117 Å². The van der Waals surface area contributed by atoms with Gasteiger partial charge in [0, 0.05) is 50.1 Å². The van der Waals surface area contributed by atoms with Gasteiger partial charge < -0.3 is 21.3 Å². The van der Waals surface area contributed by atoms with Crippen molar-refractivity contribution in [2.75, 3.05) is 18.8 Å². The van der Waals surface area contributed by atoms with E-state index in [2.05, 4.69) is 15.6 Å². The Morgan fingerprint density at radius 2 is 1.85 bits per heavy atom. The Morgan fingerprint density at radius 1 is 1.09 bits per heavy atom. The zero-order valence-electron chi connectivity index (χ0n) is 18.8. The number of nitrogen functional groups attached to an aromatic ring is 1. The standard InChI is InChI=1S/C25H31N5O3/c26-24-20(25(33)27-16-17-4-2-1-3-5-17)8-9-21(29-24)18-12-14-30(15-13-18)23(32)11-7-19-6-10-22(31)28-19/h1-5,8-9,18-19H,6-7,10-16H2,(H2,26,29)(H,27,33)(H,28,31)/t19-/m1/s1. The average molecular weight is 450 g/mol. The van der Waals surface area contributed by atoms with Crippen molar-refractivity contribution in [3.63, 3.8) is 0 Å². The van der Waals surface area contributed by atoms with Crippen LogP contribution in [-0.4, -0.2) is 46.7 Å². The van der Waals surface area contributed by atoms with Crippen LogP contribution in [0.15, 0.2) is 42.5 Å². The van der Waals surface area contributed by atoms with E-state index in [4.69, 9.17) is 5.73 Å². The van der Waals surface area contributed by atoms with E-state index in [9.17, 15) is 14.4 Å². The summed E-state index contributed by atoms with van der Waals surface area (Å²) in [5.74, 6) is 0.434. The second-order valence-electron chi connectivity index (χ2n) is 8.83. The van der Waals surface area contributed by atoms with Gasteiger partial charge in [-0.2, -0.15) is 0 Å². The summed E-state index contributed by atoms with van der Waals surface area (Å²) in [5.41, 5.74) is 8.38. The number of aromatic nitrogens is 1. The average Bonchev–Trinajstić information content (AvgIpc) is 3.26. The second-order valence-corrected chi connectivity index (χ2v) is 8.83. The number of rotatable bonds is 7. The molecule has 3 heterocycles. The van der Waals surface area contributed by atoms with Crippen molar-refractivity contribution in [3.05, 3.63) is 59.3 Å². The third kappa shape index (κ3) is 5.88. The number of hydrogen-bond acceptors (Lipinski definition) is 5. The zero-order chi connectivity index (χ0) is 23.2. The van der Waals surface area contributed by atoms with Crippen molar-refractivity contribution in [1.29, 1.82) is 0 Å². The van der Waals surface area contributed by atoms with E-state index in [1.54, 1.807) is 6.07 Å². The first-order valence-corrected chi connectivity index (χ1v) is 11.7. The van der Waals surface area contributed by atoms with Crippen LogP contribution in [0.2, 0.25) is 0 Å². The third-order valence-electron chi connectivity index (χ3n) is 6.54. The molecule has 0 aliphatic carbocycles. The Labute approximate surface area is 193 Å². The lowest BCUT2D eigenvalue weighted by molar-refractivity contribution is -0.132. The maximum absolute atomic E-state index is 12.6. The van der Waals surface area contributed by atoms with Gasteiger partial charge in [0.25, 0.3) is 5.91 Å². The molecule has 3 amide bonds. The molecule has 174 valence electrons. The van der Waals surface area contributed by atoms with Crippen LogP contribution in [0.3, 0.4) is 0 Å². The molecule has 2 saturated heterocycles. The lowest BCUT2D eigenvalue weighted by Crippen LogP contribution is -2.38. The first kappa shape index (κ1) is 22.8. The molecule has 8 nitrogen and oxygen atoms in total. The predicted molar refractivity (Wildman–Crippen MR) is 125 cm³/mol. The molecule has 4 rings (SSSR count). The van der Waals surface area contributed by atoms with E-state index in [0.29, 0.717) is 44.5 Å². The number of carbonyl (C=O) groups excluding carboxylic acids is 3.